The Hall–Kier alpha value is -0.120. The van der Waals surface area contributed by atoms with Crippen LogP contribution in [-0.2, 0) is 9.47 Å². The van der Waals surface area contributed by atoms with Crippen LogP contribution in [0.2, 0.25) is 0 Å². The van der Waals surface area contributed by atoms with Gasteiger partial charge in [-0.1, -0.05) is 13.3 Å². The third kappa shape index (κ3) is 3.62. The SMILES string of the molecule is CCCCOCCOCC(O)C12CC3CC(CC(C3)C1)C2. The standard InChI is InChI=1S/C18H32O3/c1-2-3-4-20-5-6-21-13-17(19)18-10-14-7-15(11-18)9-16(8-14)12-18/h14-17,19H,2-13H2,1H3. The van der Waals surface area contributed by atoms with Gasteiger partial charge in [0.1, 0.15) is 0 Å². The van der Waals surface area contributed by atoms with Gasteiger partial charge in [-0.2, -0.15) is 0 Å². The second-order valence-electron chi connectivity index (χ2n) is 7.84. The van der Waals surface area contributed by atoms with E-state index in [1.807, 2.05) is 0 Å². The van der Waals surface area contributed by atoms with Crippen LogP contribution in [-0.4, -0.2) is 37.6 Å². The number of ether oxygens (including phenoxy) is 2. The average molecular weight is 296 g/mol. The molecule has 0 aromatic rings. The smallest absolute Gasteiger partial charge is 0.0830 e. The van der Waals surface area contributed by atoms with Crippen LogP contribution in [0.1, 0.15) is 58.3 Å². The molecule has 0 aliphatic heterocycles. The van der Waals surface area contributed by atoms with Crippen LogP contribution in [0.3, 0.4) is 0 Å². The fraction of sp³-hybridized carbons (Fsp3) is 1.00. The highest BCUT2D eigenvalue weighted by Crippen LogP contribution is 2.61. The van der Waals surface area contributed by atoms with Gasteiger partial charge < -0.3 is 14.6 Å². The van der Waals surface area contributed by atoms with Crippen molar-refractivity contribution in [2.45, 2.75) is 64.4 Å². The van der Waals surface area contributed by atoms with Crippen molar-refractivity contribution >= 4 is 0 Å². The Morgan fingerprint density at radius 1 is 0.952 bits per heavy atom. The van der Waals surface area contributed by atoms with E-state index in [0.717, 1.165) is 30.8 Å². The predicted octanol–water partition coefficient (Wildman–Crippen LogP) is 3.40. The second-order valence-corrected chi connectivity index (χ2v) is 7.84. The summed E-state index contributed by atoms with van der Waals surface area (Å²) in [5, 5.41) is 10.7. The molecule has 4 aliphatic carbocycles. The van der Waals surface area contributed by atoms with Crippen LogP contribution < -0.4 is 0 Å². The molecule has 3 nitrogen and oxygen atoms in total. The van der Waals surface area contributed by atoms with Crippen LogP contribution >= 0.6 is 0 Å². The topological polar surface area (TPSA) is 38.7 Å². The first-order valence-corrected chi connectivity index (χ1v) is 9.05. The van der Waals surface area contributed by atoms with Crippen LogP contribution in [0.15, 0.2) is 0 Å². The molecule has 3 heteroatoms. The number of hydrogen-bond donors (Lipinski definition) is 1. The van der Waals surface area contributed by atoms with E-state index >= 15 is 0 Å². The van der Waals surface area contributed by atoms with Gasteiger partial charge in [0.05, 0.1) is 25.9 Å². The van der Waals surface area contributed by atoms with E-state index in [2.05, 4.69) is 6.92 Å². The van der Waals surface area contributed by atoms with Crippen molar-refractivity contribution in [3.63, 3.8) is 0 Å². The monoisotopic (exact) mass is 296 g/mol. The van der Waals surface area contributed by atoms with E-state index in [1.54, 1.807) is 0 Å². The summed E-state index contributed by atoms with van der Waals surface area (Å²) in [5.41, 5.74) is 0.192. The second kappa shape index (κ2) is 6.97. The lowest BCUT2D eigenvalue weighted by atomic mass is 9.48. The molecule has 1 unspecified atom stereocenters. The van der Waals surface area contributed by atoms with Gasteiger partial charge in [0.25, 0.3) is 0 Å². The fourth-order valence-electron chi connectivity index (χ4n) is 5.42. The summed E-state index contributed by atoms with van der Waals surface area (Å²) in [6.45, 7) is 4.78. The van der Waals surface area contributed by atoms with E-state index in [1.165, 1.54) is 44.9 Å². The molecule has 4 aliphatic rings. The molecule has 21 heavy (non-hydrogen) atoms. The largest absolute Gasteiger partial charge is 0.390 e. The van der Waals surface area contributed by atoms with E-state index in [0.29, 0.717) is 19.8 Å². The van der Waals surface area contributed by atoms with Crippen LogP contribution in [0.4, 0.5) is 0 Å². The average Bonchev–Trinajstić information content (AvgIpc) is 2.44. The maximum Gasteiger partial charge on any atom is 0.0830 e. The highest BCUT2D eigenvalue weighted by Gasteiger charge is 2.53. The van der Waals surface area contributed by atoms with Crippen molar-refractivity contribution in [1.29, 1.82) is 0 Å². The first-order chi connectivity index (χ1) is 10.2. The minimum Gasteiger partial charge on any atom is -0.390 e. The highest BCUT2D eigenvalue weighted by molar-refractivity contribution is 5.04. The zero-order valence-electron chi connectivity index (χ0n) is 13.6. The minimum absolute atomic E-state index is 0.192. The molecular weight excluding hydrogens is 264 g/mol. The molecule has 4 rings (SSSR count). The van der Waals surface area contributed by atoms with Crippen LogP contribution in [0.5, 0.6) is 0 Å². The predicted molar refractivity (Wildman–Crippen MR) is 83.2 cm³/mol. The lowest BCUT2D eigenvalue weighted by molar-refractivity contribution is -0.141. The van der Waals surface area contributed by atoms with Crippen molar-refractivity contribution in [2.75, 3.05) is 26.4 Å². The summed E-state index contributed by atoms with van der Waals surface area (Å²) in [7, 11) is 0. The normalized spacial score (nSPS) is 38.9. The van der Waals surface area contributed by atoms with Gasteiger partial charge in [0.2, 0.25) is 0 Å². The number of aliphatic hydroxyl groups excluding tert-OH is 1. The molecule has 4 saturated carbocycles. The lowest BCUT2D eigenvalue weighted by Gasteiger charge is -2.58. The molecule has 0 aromatic heterocycles. The molecule has 0 radical (unpaired) electrons. The van der Waals surface area contributed by atoms with Crippen molar-refractivity contribution in [1.82, 2.24) is 0 Å². The van der Waals surface area contributed by atoms with E-state index in [4.69, 9.17) is 9.47 Å². The minimum atomic E-state index is -0.262. The Morgan fingerprint density at radius 2 is 1.52 bits per heavy atom. The molecular formula is C18H32O3. The van der Waals surface area contributed by atoms with Gasteiger partial charge in [0.15, 0.2) is 0 Å². The summed E-state index contributed by atoms with van der Waals surface area (Å²) in [4.78, 5) is 0. The Labute approximate surface area is 129 Å². The van der Waals surface area contributed by atoms with Gasteiger partial charge in [-0.3, -0.25) is 0 Å². The van der Waals surface area contributed by atoms with Crippen LogP contribution in [0, 0.1) is 23.2 Å². The summed E-state index contributed by atoms with van der Waals surface area (Å²) >= 11 is 0. The highest BCUT2D eigenvalue weighted by atomic mass is 16.5. The summed E-state index contributed by atoms with van der Waals surface area (Å²) < 4.78 is 11.2. The zero-order valence-corrected chi connectivity index (χ0v) is 13.6. The Bertz CT molecular complexity index is 293. The number of aliphatic hydroxyl groups is 1. The maximum absolute atomic E-state index is 10.7. The van der Waals surface area contributed by atoms with Gasteiger partial charge >= 0.3 is 0 Å². The third-order valence-electron chi connectivity index (χ3n) is 6.08. The third-order valence-corrected chi connectivity index (χ3v) is 6.08. The van der Waals surface area contributed by atoms with Gasteiger partial charge in [-0.05, 0) is 68.1 Å². The summed E-state index contributed by atoms with van der Waals surface area (Å²) in [6.07, 6.45) is 10.1. The fourth-order valence-corrected chi connectivity index (χ4v) is 5.42. The molecule has 0 amide bonds. The van der Waals surface area contributed by atoms with Crippen molar-refractivity contribution in [3.05, 3.63) is 0 Å². The molecule has 1 N–H and O–H groups in total. The van der Waals surface area contributed by atoms with E-state index < -0.39 is 0 Å². The number of hydrogen-bond acceptors (Lipinski definition) is 3. The van der Waals surface area contributed by atoms with E-state index in [9.17, 15) is 5.11 Å². The lowest BCUT2D eigenvalue weighted by Crippen LogP contribution is -2.52. The van der Waals surface area contributed by atoms with Gasteiger partial charge in [-0.25, -0.2) is 0 Å². The first-order valence-electron chi connectivity index (χ1n) is 9.05. The molecule has 122 valence electrons. The summed E-state index contributed by atoms with van der Waals surface area (Å²) in [6, 6.07) is 0. The van der Waals surface area contributed by atoms with Crippen molar-refractivity contribution in [3.8, 4) is 0 Å². The Kier molecular flexibility index (Phi) is 5.23. The quantitative estimate of drug-likeness (QED) is 0.663. The molecule has 0 heterocycles. The number of rotatable bonds is 9. The molecule has 0 aromatic carbocycles. The first kappa shape index (κ1) is 15.8. The Balaban J connectivity index is 1.38. The molecule has 4 bridgehead atoms. The van der Waals surface area contributed by atoms with Crippen LogP contribution in [0.25, 0.3) is 0 Å². The van der Waals surface area contributed by atoms with Crippen molar-refractivity contribution < 1.29 is 14.6 Å². The number of unbranched alkanes of at least 4 members (excludes halogenated alkanes) is 1. The van der Waals surface area contributed by atoms with E-state index in [-0.39, 0.29) is 11.5 Å². The van der Waals surface area contributed by atoms with Gasteiger partial charge in [0, 0.05) is 6.61 Å². The maximum atomic E-state index is 10.7. The molecule has 0 saturated heterocycles. The molecule has 1 atom stereocenters. The molecule has 4 fully saturated rings. The van der Waals surface area contributed by atoms with Gasteiger partial charge in [-0.15, -0.1) is 0 Å². The van der Waals surface area contributed by atoms with Crippen molar-refractivity contribution in [2.24, 2.45) is 23.2 Å². The molecule has 0 spiro atoms. The zero-order chi connectivity index (χ0) is 14.7. The Morgan fingerprint density at radius 3 is 2.10 bits per heavy atom. The summed E-state index contributed by atoms with van der Waals surface area (Å²) in [5.74, 6) is 2.68.